The van der Waals surface area contributed by atoms with Gasteiger partial charge in [-0.15, -0.1) is 0 Å². The van der Waals surface area contributed by atoms with E-state index >= 15 is 0 Å². The Morgan fingerprint density at radius 3 is 2.90 bits per heavy atom. The zero-order chi connectivity index (χ0) is 13.7. The third-order valence-corrected chi connectivity index (χ3v) is 6.32. The van der Waals surface area contributed by atoms with Crippen LogP contribution in [0.25, 0.3) is 0 Å². The summed E-state index contributed by atoms with van der Waals surface area (Å²) in [7, 11) is 4.12. The number of piperidine rings is 1. The van der Waals surface area contributed by atoms with Crippen LogP contribution in [-0.2, 0) is 11.8 Å². The third kappa shape index (κ3) is 2.49. The molecule has 21 heavy (non-hydrogen) atoms. The number of benzene rings is 1. The maximum atomic E-state index is 5.51. The predicted molar refractivity (Wildman–Crippen MR) is 81.4 cm³/mol. The van der Waals surface area contributed by atoms with Gasteiger partial charge < -0.3 is 9.64 Å². The molecule has 0 radical (unpaired) electrons. The van der Waals surface area contributed by atoms with E-state index in [1.807, 2.05) is 0 Å². The molecular weight excluding hydrogens is 285 g/mol. The molecular formula is C18H25KNO+. The van der Waals surface area contributed by atoms with Crippen molar-refractivity contribution in [3.05, 3.63) is 29.3 Å². The molecule has 1 aliphatic heterocycles. The second-order valence-corrected chi connectivity index (χ2v) is 7.03. The quantitative estimate of drug-likeness (QED) is 0.696. The Morgan fingerprint density at radius 2 is 2.10 bits per heavy atom. The minimum atomic E-state index is 0. The van der Waals surface area contributed by atoms with Crippen LogP contribution in [0.4, 0.5) is 0 Å². The first-order valence-corrected chi connectivity index (χ1v) is 8.12. The number of hydrogen-bond acceptors (Lipinski definition) is 2. The molecule has 3 atom stereocenters. The number of methoxy groups -OCH3 is 1. The van der Waals surface area contributed by atoms with E-state index in [1.54, 1.807) is 18.2 Å². The van der Waals surface area contributed by atoms with Crippen molar-refractivity contribution in [2.75, 3.05) is 20.7 Å². The number of ether oxygens (including phenoxy) is 1. The number of likely N-dealkylation sites (N-methyl/N-ethyl adjacent to an activating group) is 1. The number of rotatable bonds is 1. The van der Waals surface area contributed by atoms with Gasteiger partial charge in [0.1, 0.15) is 5.75 Å². The fourth-order valence-electron chi connectivity index (χ4n) is 5.30. The molecule has 0 spiro atoms. The van der Waals surface area contributed by atoms with E-state index in [2.05, 4.69) is 30.1 Å². The molecule has 0 amide bonds. The first kappa shape index (κ1) is 16.5. The molecule has 3 aliphatic rings. The molecule has 1 aromatic rings. The largest absolute Gasteiger partial charge is 1.00 e. The molecule has 2 bridgehead atoms. The zero-order valence-corrected chi connectivity index (χ0v) is 16.8. The number of hydrogen-bond donors (Lipinski definition) is 0. The second-order valence-electron chi connectivity index (χ2n) is 7.03. The normalized spacial score (nSPS) is 34.4. The van der Waals surface area contributed by atoms with Crippen LogP contribution in [0, 0.1) is 5.92 Å². The summed E-state index contributed by atoms with van der Waals surface area (Å²) in [5.41, 5.74) is 3.67. The molecule has 2 aliphatic carbocycles. The summed E-state index contributed by atoms with van der Waals surface area (Å²) in [6.07, 6.45) is 8.22. The summed E-state index contributed by atoms with van der Waals surface area (Å²) in [5, 5.41) is 0. The Balaban J connectivity index is 0.00000132. The monoisotopic (exact) mass is 310 g/mol. The molecule has 1 heterocycles. The number of likely N-dealkylation sites (tertiary alicyclic amines) is 1. The first-order valence-electron chi connectivity index (χ1n) is 8.12. The Bertz CT molecular complexity index is 532. The van der Waals surface area contributed by atoms with E-state index in [1.165, 1.54) is 45.1 Å². The van der Waals surface area contributed by atoms with Crippen LogP contribution in [0.15, 0.2) is 18.2 Å². The fraction of sp³-hybridized carbons (Fsp3) is 0.667. The standard InChI is InChI=1S/C18H25NO.K/c1-19-10-9-18-8-4-3-5-15(18)17(19)11-13-6-7-14(20-2)12-16(13)18;/h6-7,12,15,17H,3-5,8-11H2,1-2H3;/q;+1/t15-,17-,18-;/m1./s1. The molecule has 2 fully saturated rings. The van der Waals surface area contributed by atoms with E-state index < -0.39 is 0 Å². The van der Waals surface area contributed by atoms with Crippen molar-refractivity contribution in [2.24, 2.45) is 5.92 Å². The van der Waals surface area contributed by atoms with E-state index in [4.69, 9.17) is 4.74 Å². The van der Waals surface area contributed by atoms with Crippen molar-refractivity contribution >= 4 is 0 Å². The van der Waals surface area contributed by atoms with Crippen LogP contribution in [0.2, 0.25) is 0 Å². The molecule has 3 heteroatoms. The van der Waals surface area contributed by atoms with Gasteiger partial charge in [-0.3, -0.25) is 0 Å². The predicted octanol–water partition coefficient (Wildman–Crippen LogP) is 0.387. The van der Waals surface area contributed by atoms with Crippen LogP contribution in [0.1, 0.15) is 43.2 Å². The van der Waals surface area contributed by atoms with Gasteiger partial charge >= 0.3 is 51.4 Å². The van der Waals surface area contributed by atoms with Gasteiger partial charge in [0.15, 0.2) is 0 Å². The van der Waals surface area contributed by atoms with Crippen molar-refractivity contribution in [1.29, 1.82) is 0 Å². The Labute approximate surface area is 171 Å². The van der Waals surface area contributed by atoms with Crippen LogP contribution >= 0.6 is 0 Å². The van der Waals surface area contributed by atoms with Crippen molar-refractivity contribution in [3.63, 3.8) is 0 Å². The molecule has 2 nitrogen and oxygen atoms in total. The van der Waals surface area contributed by atoms with Gasteiger partial charge in [0.2, 0.25) is 0 Å². The molecule has 0 N–H and O–H groups in total. The first-order chi connectivity index (χ1) is 9.74. The van der Waals surface area contributed by atoms with Crippen LogP contribution in [0.5, 0.6) is 5.75 Å². The van der Waals surface area contributed by atoms with Gasteiger partial charge in [-0.2, -0.15) is 0 Å². The summed E-state index contributed by atoms with van der Waals surface area (Å²) < 4.78 is 5.51. The Kier molecular flexibility index (Phi) is 4.91. The summed E-state index contributed by atoms with van der Waals surface area (Å²) in [5.74, 6) is 1.91. The van der Waals surface area contributed by atoms with E-state index in [9.17, 15) is 0 Å². The van der Waals surface area contributed by atoms with Crippen molar-refractivity contribution < 1.29 is 56.1 Å². The number of nitrogens with zero attached hydrogens (tertiary/aromatic N) is 1. The van der Waals surface area contributed by atoms with Crippen LogP contribution in [0.3, 0.4) is 0 Å². The maximum absolute atomic E-state index is 5.51. The smallest absolute Gasteiger partial charge is 0.497 e. The fourth-order valence-corrected chi connectivity index (χ4v) is 5.30. The van der Waals surface area contributed by atoms with Crippen molar-refractivity contribution in [1.82, 2.24) is 4.90 Å². The van der Waals surface area contributed by atoms with Gasteiger partial charge in [0, 0.05) is 11.5 Å². The second kappa shape index (κ2) is 6.25. The molecule has 1 saturated carbocycles. The average molecular weight is 311 g/mol. The molecule has 4 rings (SSSR count). The van der Waals surface area contributed by atoms with Gasteiger partial charge in [0.25, 0.3) is 0 Å². The summed E-state index contributed by atoms with van der Waals surface area (Å²) in [6.45, 7) is 1.26. The number of fused-ring (bicyclic) bond motifs is 1. The Morgan fingerprint density at radius 1 is 1.24 bits per heavy atom. The Hall–Kier alpha value is 0.616. The van der Waals surface area contributed by atoms with Gasteiger partial charge in [-0.25, -0.2) is 0 Å². The summed E-state index contributed by atoms with van der Waals surface area (Å²) >= 11 is 0. The van der Waals surface area contributed by atoms with Gasteiger partial charge in [-0.1, -0.05) is 18.9 Å². The molecule has 1 saturated heterocycles. The molecule has 0 aromatic heterocycles. The molecule has 0 unspecified atom stereocenters. The maximum Gasteiger partial charge on any atom is 1.00 e. The summed E-state index contributed by atoms with van der Waals surface area (Å²) in [4.78, 5) is 2.63. The molecule has 108 valence electrons. The molecule has 1 aromatic carbocycles. The minimum Gasteiger partial charge on any atom is -0.497 e. The average Bonchev–Trinajstić information content (AvgIpc) is 2.50. The van der Waals surface area contributed by atoms with E-state index in [0.717, 1.165) is 17.7 Å². The van der Waals surface area contributed by atoms with Gasteiger partial charge in [0.05, 0.1) is 7.11 Å². The van der Waals surface area contributed by atoms with Crippen molar-refractivity contribution in [2.45, 2.75) is 50.0 Å². The van der Waals surface area contributed by atoms with Crippen LogP contribution in [-0.4, -0.2) is 31.6 Å². The SMILES string of the molecule is COc1ccc2c(c1)[C@@]13CCCC[C@@H]1[C@@H](C2)N(C)CC3.[K+]. The van der Waals surface area contributed by atoms with Gasteiger partial charge in [-0.05, 0) is 68.5 Å². The van der Waals surface area contributed by atoms with E-state index in [0.29, 0.717) is 5.41 Å². The summed E-state index contributed by atoms with van der Waals surface area (Å²) in [6, 6.07) is 7.60. The van der Waals surface area contributed by atoms with E-state index in [-0.39, 0.29) is 51.4 Å². The zero-order valence-electron chi connectivity index (χ0n) is 13.7. The third-order valence-electron chi connectivity index (χ3n) is 6.32. The minimum absolute atomic E-state index is 0. The van der Waals surface area contributed by atoms with Crippen LogP contribution < -0.4 is 56.1 Å². The van der Waals surface area contributed by atoms with Crippen molar-refractivity contribution in [3.8, 4) is 5.75 Å². The topological polar surface area (TPSA) is 12.5 Å².